The predicted molar refractivity (Wildman–Crippen MR) is 118 cm³/mol. The molecule has 1 aliphatic carbocycles. The number of nitrogens with zero attached hydrogens (tertiary/aromatic N) is 3. The lowest BCUT2D eigenvalue weighted by molar-refractivity contribution is -0.134. The van der Waals surface area contributed by atoms with E-state index in [-0.39, 0.29) is 24.4 Å². The number of benzene rings is 1. The van der Waals surface area contributed by atoms with Crippen molar-refractivity contribution in [3.63, 3.8) is 0 Å². The summed E-state index contributed by atoms with van der Waals surface area (Å²) in [6, 6.07) is 9.69. The van der Waals surface area contributed by atoms with Gasteiger partial charge in [-0.05, 0) is 31.2 Å². The molecular formula is C24H30N4O4. The molecule has 2 N–H and O–H groups in total. The highest BCUT2D eigenvalue weighted by atomic mass is 16.7. The van der Waals surface area contributed by atoms with E-state index in [0.717, 1.165) is 30.5 Å². The molecule has 0 bridgehead atoms. The number of oxime groups is 1. The van der Waals surface area contributed by atoms with Crippen LogP contribution < -0.4 is 5.32 Å². The number of aromatic nitrogens is 1. The normalized spacial score (nSPS) is 27.8. The highest BCUT2D eigenvalue weighted by Gasteiger charge is 2.49. The van der Waals surface area contributed by atoms with Crippen molar-refractivity contribution in [1.29, 1.82) is 0 Å². The molecule has 1 saturated heterocycles. The molecule has 8 heteroatoms. The van der Waals surface area contributed by atoms with Gasteiger partial charge >= 0.3 is 0 Å². The second kappa shape index (κ2) is 7.92. The Labute approximate surface area is 187 Å². The fraction of sp³-hybridized carbons (Fsp3) is 0.542. The monoisotopic (exact) mass is 438 g/mol. The number of aliphatic hydroxyl groups excluding tert-OH is 1. The Morgan fingerprint density at radius 2 is 2.16 bits per heavy atom. The van der Waals surface area contributed by atoms with Crippen LogP contribution in [0.4, 0.5) is 0 Å². The van der Waals surface area contributed by atoms with Crippen LogP contribution in [0.5, 0.6) is 0 Å². The van der Waals surface area contributed by atoms with Crippen molar-refractivity contribution in [3.05, 3.63) is 52.9 Å². The summed E-state index contributed by atoms with van der Waals surface area (Å²) < 4.78 is 5.45. The summed E-state index contributed by atoms with van der Waals surface area (Å²) in [7, 11) is 0. The second-order valence-corrected chi connectivity index (χ2v) is 9.52. The molecule has 1 aromatic carbocycles. The summed E-state index contributed by atoms with van der Waals surface area (Å²) >= 11 is 0. The smallest absolute Gasteiger partial charge is 0.234 e. The van der Waals surface area contributed by atoms with E-state index in [4.69, 9.17) is 9.36 Å². The molecule has 5 rings (SSSR count). The molecule has 1 fully saturated rings. The lowest BCUT2D eigenvalue weighted by Crippen LogP contribution is -2.52. The number of rotatable bonds is 4. The van der Waals surface area contributed by atoms with Crippen molar-refractivity contribution in [2.45, 2.75) is 70.2 Å². The van der Waals surface area contributed by atoms with Crippen LogP contribution in [-0.4, -0.2) is 45.6 Å². The van der Waals surface area contributed by atoms with E-state index in [1.54, 1.807) is 4.90 Å². The minimum atomic E-state index is -0.702. The zero-order valence-electron chi connectivity index (χ0n) is 18.7. The minimum absolute atomic E-state index is 0.0135. The molecule has 8 nitrogen and oxygen atoms in total. The molecule has 1 amide bonds. The van der Waals surface area contributed by atoms with Gasteiger partial charge in [-0.3, -0.25) is 4.79 Å². The van der Waals surface area contributed by atoms with Gasteiger partial charge in [0.05, 0.1) is 17.8 Å². The van der Waals surface area contributed by atoms with Gasteiger partial charge in [0.25, 0.3) is 0 Å². The average molecular weight is 439 g/mol. The Morgan fingerprint density at radius 1 is 1.34 bits per heavy atom. The Kier molecular flexibility index (Phi) is 5.20. The van der Waals surface area contributed by atoms with Gasteiger partial charge < -0.3 is 24.7 Å². The maximum Gasteiger partial charge on any atom is 0.234 e. The number of carbonyl (C=O) groups excluding carboxylic acids is 1. The van der Waals surface area contributed by atoms with Gasteiger partial charge in [-0.15, -0.1) is 0 Å². The quantitative estimate of drug-likeness (QED) is 0.761. The largest absolute Gasteiger partial charge is 0.391 e. The van der Waals surface area contributed by atoms with Gasteiger partial charge in [0, 0.05) is 31.0 Å². The van der Waals surface area contributed by atoms with Gasteiger partial charge in [0.15, 0.2) is 5.84 Å². The Balaban J connectivity index is 1.41. The fourth-order valence-corrected chi connectivity index (χ4v) is 5.30. The molecule has 32 heavy (non-hydrogen) atoms. The number of fused-ring (bicyclic) bond motifs is 2. The molecule has 4 atom stereocenters. The van der Waals surface area contributed by atoms with Crippen LogP contribution in [0.15, 0.2) is 40.0 Å². The Bertz CT molecular complexity index is 1050. The number of amidine groups is 1. The molecule has 170 valence electrons. The van der Waals surface area contributed by atoms with Crippen LogP contribution in [0.2, 0.25) is 0 Å². The van der Waals surface area contributed by atoms with Crippen molar-refractivity contribution in [2.75, 3.05) is 6.54 Å². The number of aliphatic hydroxyl groups is 1. The van der Waals surface area contributed by atoms with Crippen LogP contribution in [-0.2, 0) is 21.8 Å². The number of carbonyl (C=O) groups is 1. The summed E-state index contributed by atoms with van der Waals surface area (Å²) in [4.78, 5) is 21.4. The van der Waals surface area contributed by atoms with Crippen LogP contribution in [0.3, 0.4) is 0 Å². The first-order chi connectivity index (χ1) is 15.4. The average Bonchev–Trinajstić information content (AvgIpc) is 3.48. The maximum absolute atomic E-state index is 13.7. The number of hydrogen-bond donors (Lipinski definition) is 2. The highest BCUT2D eigenvalue weighted by Crippen LogP contribution is 2.40. The molecule has 0 radical (unpaired) electrons. The van der Waals surface area contributed by atoms with Gasteiger partial charge in [-0.2, -0.15) is 0 Å². The van der Waals surface area contributed by atoms with Crippen molar-refractivity contribution in [3.8, 4) is 0 Å². The number of aryl methyl sites for hydroxylation is 2. The first-order valence-corrected chi connectivity index (χ1v) is 11.4. The number of β-amino-alcohol motifs (C(OH)–C–C–N with tert-alkyl or cyclic N) is 1. The van der Waals surface area contributed by atoms with Crippen molar-refractivity contribution in [1.82, 2.24) is 15.4 Å². The number of nitrogens with one attached hydrogen (secondary N) is 1. The van der Waals surface area contributed by atoms with E-state index in [1.807, 2.05) is 39.0 Å². The lowest BCUT2D eigenvalue weighted by Gasteiger charge is -2.35. The molecule has 2 aromatic rings. The van der Waals surface area contributed by atoms with E-state index >= 15 is 0 Å². The fourth-order valence-electron chi connectivity index (χ4n) is 5.30. The zero-order chi connectivity index (χ0) is 22.5. The molecule has 0 saturated carbocycles. The van der Waals surface area contributed by atoms with E-state index < -0.39 is 17.7 Å². The third-order valence-corrected chi connectivity index (χ3v) is 6.82. The zero-order valence-corrected chi connectivity index (χ0v) is 18.7. The van der Waals surface area contributed by atoms with Crippen LogP contribution in [0.25, 0.3) is 0 Å². The Morgan fingerprint density at radius 3 is 2.91 bits per heavy atom. The summed E-state index contributed by atoms with van der Waals surface area (Å²) in [6.07, 6.45) is 2.60. The molecule has 3 heterocycles. The third kappa shape index (κ3) is 3.46. The second-order valence-electron chi connectivity index (χ2n) is 9.52. The van der Waals surface area contributed by atoms with Gasteiger partial charge in [-0.1, -0.05) is 48.4 Å². The highest BCUT2D eigenvalue weighted by molar-refractivity contribution is 5.94. The van der Waals surface area contributed by atoms with E-state index in [9.17, 15) is 9.90 Å². The van der Waals surface area contributed by atoms with E-state index in [1.165, 1.54) is 5.56 Å². The van der Waals surface area contributed by atoms with Gasteiger partial charge in [0.1, 0.15) is 11.7 Å². The predicted octanol–water partition coefficient (Wildman–Crippen LogP) is 2.81. The van der Waals surface area contributed by atoms with Crippen molar-refractivity contribution in [2.24, 2.45) is 11.1 Å². The molecule has 3 aliphatic rings. The van der Waals surface area contributed by atoms with Gasteiger partial charge in [0.2, 0.25) is 11.6 Å². The van der Waals surface area contributed by atoms with Crippen LogP contribution in [0.1, 0.15) is 61.6 Å². The van der Waals surface area contributed by atoms with Crippen LogP contribution in [0, 0.1) is 12.8 Å². The number of amides is 1. The topological polar surface area (TPSA) is 100 Å². The number of likely N-dealkylation sites (tertiary alicyclic amines) is 1. The van der Waals surface area contributed by atoms with E-state index in [0.29, 0.717) is 18.0 Å². The third-order valence-electron chi connectivity index (χ3n) is 6.82. The summed E-state index contributed by atoms with van der Waals surface area (Å²) in [5.41, 5.74) is 2.39. The summed E-state index contributed by atoms with van der Waals surface area (Å²) in [5, 5.41) is 22.4. The van der Waals surface area contributed by atoms with Crippen molar-refractivity contribution >= 4 is 11.7 Å². The maximum atomic E-state index is 13.7. The Hall–Kier alpha value is -2.87. The first-order valence-electron chi connectivity index (χ1n) is 11.4. The molecule has 1 aromatic heterocycles. The first kappa shape index (κ1) is 21.0. The molecule has 1 spiro atoms. The minimum Gasteiger partial charge on any atom is -0.391 e. The van der Waals surface area contributed by atoms with E-state index in [2.05, 4.69) is 27.8 Å². The van der Waals surface area contributed by atoms with Crippen molar-refractivity contribution < 1.29 is 19.3 Å². The molecule has 2 unspecified atom stereocenters. The standard InChI is InChI=1S/C24H30N4O4/c1-14(2)21(20-11-15(3)26-31-20)23(30)28-13-17(29)12-19(28)22-25-24(32-27-22)10-6-8-16-7-4-5-9-18(16)24/h4-5,7,9,11,14,17,19,21,29H,6,8,10,12-13H2,1-3H3,(H,25,27)/t17-,19+,21?,24?/m1/s1. The van der Waals surface area contributed by atoms with Crippen LogP contribution >= 0.6 is 0 Å². The van der Waals surface area contributed by atoms with Gasteiger partial charge in [-0.25, -0.2) is 0 Å². The number of hydrogen-bond acceptors (Lipinski definition) is 7. The lowest BCUT2D eigenvalue weighted by atomic mass is 9.84. The SMILES string of the molecule is Cc1cc(C(C(=O)N2C[C@H](O)C[C@H]2C2=NOC3(CCCc4ccccc43)N2)C(C)C)on1. The summed E-state index contributed by atoms with van der Waals surface area (Å²) in [6.45, 7) is 6.08. The summed E-state index contributed by atoms with van der Waals surface area (Å²) in [5.74, 6) is 0.601. The molecular weight excluding hydrogens is 408 g/mol. The molecule has 2 aliphatic heterocycles.